The molecular weight excluding hydrogens is 703 g/mol. The SMILES string of the molecule is CC(C)(C)NS(=O)(=O)c1cc(CC(=O)O)ccc1Br.COC(=O)Cc1ccc(Br)c(S(=O)(=O)NC(C)(C)C)c1.[Li+].[OH-]. The van der Waals surface area contributed by atoms with Crippen LogP contribution < -0.4 is 28.3 Å². The number of halogens is 2. The molecule has 0 aliphatic rings. The Morgan fingerprint density at radius 3 is 1.41 bits per heavy atom. The van der Waals surface area contributed by atoms with Crippen LogP contribution in [0.3, 0.4) is 0 Å². The smallest absolute Gasteiger partial charge is 0.870 e. The fraction of sp³-hybridized carbons (Fsp3) is 0.440. The number of hydrogen-bond acceptors (Lipinski definition) is 8. The monoisotopic (exact) mass is 736 g/mol. The Labute approximate surface area is 271 Å². The second-order valence-corrected chi connectivity index (χ2v) is 15.6. The molecule has 0 spiro atoms. The minimum atomic E-state index is -3.70. The van der Waals surface area contributed by atoms with E-state index < -0.39 is 43.1 Å². The molecule has 41 heavy (non-hydrogen) atoms. The van der Waals surface area contributed by atoms with Crippen LogP contribution >= 0.6 is 31.9 Å². The number of rotatable bonds is 8. The summed E-state index contributed by atoms with van der Waals surface area (Å²) < 4.78 is 59.6. The molecule has 0 radical (unpaired) electrons. The fourth-order valence-corrected chi connectivity index (χ4v) is 7.92. The van der Waals surface area contributed by atoms with E-state index in [-0.39, 0.29) is 47.0 Å². The largest absolute Gasteiger partial charge is 1.00 e. The van der Waals surface area contributed by atoms with Gasteiger partial charge in [0.1, 0.15) is 0 Å². The van der Waals surface area contributed by atoms with Gasteiger partial charge in [-0.1, -0.05) is 12.1 Å². The topological polar surface area (TPSA) is 186 Å². The maximum absolute atomic E-state index is 12.3. The van der Waals surface area contributed by atoms with Crippen LogP contribution in [0, 0.1) is 0 Å². The second-order valence-electron chi connectivity index (χ2n) is 10.6. The van der Waals surface area contributed by atoms with Gasteiger partial charge in [-0.25, -0.2) is 26.3 Å². The Morgan fingerprint density at radius 1 is 0.780 bits per heavy atom. The van der Waals surface area contributed by atoms with Crippen molar-refractivity contribution >= 4 is 63.8 Å². The van der Waals surface area contributed by atoms with E-state index in [1.54, 1.807) is 59.7 Å². The summed E-state index contributed by atoms with van der Waals surface area (Å²) in [6.45, 7) is 10.5. The van der Waals surface area contributed by atoms with Crippen molar-refractivity contribution in [2.45, 2.75) is 75.3 Å². The van der Waals surface area contributed by atoms with Crippen molar-refractivity contribution in [3.05, 3.63) is 56.5 Å². The number of methoxy groups -OCH3 is 1. The third-order valence-electron chi connectivity index (χ3n) is 4.38. The Balaban J connectivity index is 0. The van der Waals surface area contributed by atoms with Crippen molar-refractivity contribution < 1.29 is 60.6 Å². The molecule has 0 saturated carbocycles. The molecule has 0 aliphatic heterocycles. The summed E-state index contributed by atoms with van der Waals surface area (Å²) >= 11 is 6.40. The maximum atomic E-state index is 12.3. The van der Waals surface area contributed by atoms with Crippen molar-refractivity contribution in [1.82, 2.24) is 9.44 Å². The van der Waals surface area contributed by atoms with Gasteiger partial charge in [0.05, 0.1) is 29.7 Å². The van der Waals surface area contributed by atoms with Gasteiger partial charge in [0.15, 0.2) is 0 Å². The van der Waals surface area contributed by atoms with Crippen molar-refractivity contribution in [2.75, 3.05) is 7.11 Å². The number of aliphatic carboxylic acids is 1. The fourth-order valence-electron chi connectivity index (χ4n) is 3.06. The summed E-state index contributed by atoms with van der Waals surface area (Å²) in [5.41, 5.74) is -0.183. The molecule has 0 aliphatic carbocycles. The van der Waals surface area contributed by atoms with E-state index in [0.29, 0.717) is 20.1 Å². The minimum absolute atomic E-state index is 0. The van der Waals surface area contributed by atoms with Gasteiger partial charge in [-0.2, -0.15) is 0 Å². The van der Waals surface area contributed by atoms with Crippen LogP contribution in [0.1, 0.15) is 52.7 Å². The average molecular weight is 738 g/mol. The second kappa shape index (κ2) is 16.5. The van der Waals surface area contributed by atoms with Gasteiger partial charge in [-0.3, -0.25) is 9.59 Å². The number of nitrogens with one attached hydrogen (secondary N) is 2. The molecule has 2 aromatic carbocycles. The molecule has 0 amide bonds. The summed E-state index contributed by atoms with van der Waals surface area (Å²) in [6.07, 6.45) is -0.187. The van der Waals surface area contributed by atoms with Crippen molar-refractivity contribution in [3.8, 4) is 0 Å². The molecule has 2 aromatic rings. The van der Waals surface area contributed by atoms with Crippen LogP contribution in [0.4, 0.5) is 0 Å². The molecule has 0 saturated heterocycles. The molecule has 11 nitrogen and oxygen atoms in total. The minimum Gasteiger partial charge on any atom is -0.870 e. The summed E-state index contributed by atoms with van der Waals surface area (Å²) in [4.78, 5) is 22.1. The van der Waals surface area contributed by atoms with E-state index in [2.05, 4.69) is 46.0 Å². The number of hydrogen-bond donors (Lipinski definition) is 3. The molecule has 226 valence electrons. The molecule has 0 heterocycles. The van der Waals surface area contributed by atoms with Crippen LogP contribution in [-0.2, 0) is 47.2 Å². The summed E-state index contributed by atoms with van der Waals surface area (Å²) in [5.74, 6) is -1.42. The third kappa shape index (κ3) is 15.1. The number of carbonyl (C=O) groups excluding carboxylic acids is 1. The molecular formula is C25H35Br2LiN2O9S2. The first-order chi connectivity index (χ1) is 17.6. The molecule has 0 fully saturated rings. The Bertz CT molecular complexity index is 1420. The predicted octanol–water partition coefficient (Wildman–Crippen LogP) is 1.22. The van der Waals surface area contributed by atoms with Crippen molar-refractivity contribution in [3.63, 3.8) is 0 Å². The van der Waals surface area contributed by atoms with Gasteiger partial charge in [-0.05, 0) is 109 Å². The molecule has 0 bridgehead atoms. The number of sulfonamides is 2. The first-order valence-corrected chi connectivity index (χ1v) is 16.0. The van der Waals surface area contributed by atoms with Crippen LogP contribution in [0.5, 0.6) is 0 Å². The van der Waals surface area contributed by atoms with Gasteiger partial charge in [0.25, 0.3) is 0 Å². The summed E-state index contributed by atoms with van der Waals surface area (Å²) in [7, 11) is -6.07. The van der Waals surface area contributed by atoms with Gasteiger partial charge in [-0.15, -0.1) is 0 Å². The number of carbonyl (C=O) groups is 2. The summed E-state index contributed by atoms with van der Waals surface area (Å²) in [6, 6.07) is 9.23. The number of esters is 1. The van der Waals surface area contributed by atoms with Gasteiger partial charge < -0.3 is 15.3 Å². The first-order valence-electron chi connectivity index (χ1n) is 11.5. The molecule has 0 atom stereocenters. The zero-order chi connectivity index (χ0) is 30.4. The Kier molecular flexibility index (Phi) is 16.9. The molecule has 4 N–H and O–H groups in total. The average Bonchev–Trinajstić information content (AvgIpc) is 2.73. The number of ether oxygens (including phenoxy) is 1. The normalized spacial score (nSPS) is 11.7. The molecule has 0 unspecified atom stereocenters. The van der Waals surface area contributed by atoms with E-state index in [4.69, 9.17) is 5.11 Å². The quantitative estimate of drug-likeness (QED) is 0.265. The standard InChI is InChI=1S/C13H18BrNO4S.C12H16BrNO4S.Li.H2O/c1-13(2,3)15-20(17,18)11-7-9(5-6-10(11)14)8-12(16)19-4;1-12(2,3)14-19(17,18)10-6-8(7-11(15)16)4-5-9(10)13;;/h5-7,15H,8H2,1-4H3;4-6,14H,7H2,1-3H3,(H,15,16);;1H2/q;;+1;/p-1. The van der Waals surface area contributed by atoms with Gasteiger partial charge in [0.2, 0.25) is 20.0 Å². The van der Waals surface area contributed by atoms with Crippen LogP contribution in [0.2, 0.25) is 0 Å². The molecule has 2 rings (SSSR count). The van der Waals surface area contributed by atoms with E-state index in [0.717, 1.165) is 0 Å². The molecule has 16 heteroatoms. The number of carboxylic acids is 1. The maximum Gasteiger partial charge on any atom is 1.00 e. The number of carboxylic acid groups (broad SMARTS) is 1. The Morgan fingerprint density at radius 2 is 1.12 bits per heavy atom. The van der Waals surface area contributed by atoms with E-state index in [1.165, 1.54) is 25.3 Å². The van der Waals surface area contributed by atoms with Crippen LogP contribution in [0.25, 0.3) is 0 Å². The van der Waals surface area contributed by atoms with Crippen LogP contribution in [-0.4, -0.2) is 57.5 Å². The van der Waals surface area contributed by atoms with Gasteiger partial charge in [0, 0.05) is 20.0 Å². The van der Waals surface area contributed by atoms with E-state index >= 15 is 0 Å². The summed E-state index contributed by atoms with van der Waals surface area (Å²) in [5, 5.41) is 8.74. The van der Waals surface area contributed by atoms with Crippen molar-refractivity contribution in [1.29, 1.82) is 0 Å². The zero-order valence-electron chi connectivity index (χ0n) is 24.2. The van der Waals surface area contributed by atoms with Gasteiger partial charge >= 0.3 is 30.8 Å². The Hall–Kier alpha value is -1.28. The predicted molar refractivity (Wildman–Crippen MR) is 157 cm³/mol. The van der Waals surface area contributed by atoms with Crippen molar-refractivity contribution in [2.24, 2.45) is 0 Å². The zero-order valence-corrected chi connectivity index (χ0v) is 29.0. The molecule has 0 aromatic heterocycles. The van der Waals surface area contributed by atoms with E-state index in [1.807, 2.05) is 0 Å². The third-order valence-corrected chi connectivity index (χ3v) is 9.89. The number of benzene rings is 2. The van der Waals surface area contributed by atoms with Crippen LogP contribution in [0.15, 0.2) is 55.1 Å². The first kappa shape index (κ1) is 41.9. The van der Waals surface area contributed by atoms with E-state index in [9.17, 15) is 26.4 Å².